The molecule has 172 valence electrons. The number of carbonyl (C=O) groups is 2. The molecule has 0 bridgehead atoms. The number of nitrogens with one attached hydrogen (secondary N) is 1. The first kappa shape index (κ1) is 23.8. The number of carbonyl (C=O) groups excluding carboxylic acids is 2. The number of piperidine rings is 1. The summed E-state index contributed by atoms with van der Waals surface area (Å²) in [5, 5.41) is 3.14. The Bertz CT molecular complexity index is 930. The van der Waals surface area contributed by atoms with Crippen LogP contribution in [0.2, 0.25) is 0 Å². The molecule has 0 saturated carbocycles. The van der Waals surface area contributed by atoms with Crippen LogP contribution in [0, 0.1) is 0 Å². The fourth-order valence-corrected chi connectivity index (χ4v) is 4.26. The third-order valence-electron chi connectivity index (χ3n) is 5.67. The smallest absolute Gasteiger partial charge is 0.325 e. The second-order valence-electron chi connectivity index (χ2n) is 9.54. The Morgan fingerprint density at radius 3 is 2.50 bits per heavy atom. The second kappa shape index (κ2) is 10.7. The summed E-state index contributed by atoms with van der Waals surface area (Å²) < 4.78 is 5.36. The van der Waals surface area contributed by atoms with Crippen LogP contribution in [0.25, 0.3) is 11.1 Å². The Labute approximate surface area is 192 Å². The monoisotopic (exact) mass is 436 g/mol. The first-order chi connectivity index (χ1) is 15.3. The van der Waals surface area contributed by atoms with Crippen LogP contribution < -0.4 is 5.32 Å². The number of esters is 1. The molecule has 2 aromatic carbocycles. The minimum atomic E-state index is -0.502. The maximum atomic E-state index is 13.3. The number of benzene rings is 2. The van der Waals surface area contributed by atoms with Crippen LogP contribution in [0.15, 0.2) is 48.5 Å². The van der Waals surface area contributed by atoms with Crippen LogP contribution >= 0.6 is 0 Å². The van der Waals surface area contributed by atoms with Gasteiger partial charge in [-0.15, -0.1) is 0 Å². The molecule has 1 atom stereocenters. The largest absolute Gasteiger partial charge is 0.459 e. The van der Waals surface area contributed by atoms with E-state index in [0.717, 1.165) is 54.6 Å². The highest BCUT2D eigenvalue weighted by Gasteiger charge is 2.26. The van der Waals surface area contributed by atoms with Crippen molar-refractivity contribution >= 4 is 17.6 Å². The molecule has 1 aliphatic heterocycles. The van der Waals surface area contributed by atoms with Gasteiger partial charge in [0, 0.05) is 23.8 Å². The van der Waals surface area contributed by atoms with Gasteiger partial charge in [-0.05, 0) is 81.8 Å². The van der Waals surface area contributed by atoms with E-state index in [1.54, 1.807) is 0 Å². The maximum absolute atomic E-state index is 13.3. The molecule has 5 heteroatoms. The molecule has 1 N–H and O–H groups in total. The molecular formula is C27H36N2O3. The number of amides is 1. The van der Waals surface area contributed by atoms with Gasteiger partial charge in [0.25, 0.3) is 5.91 Å². The SMILES string of the molecule is CCC[C@@H]1CCCCN1C(=O)c1cccc(-c2cccc(NCC(=O)OC(C)(C)C)c2)c1. The van der Waals surface area contributed by atoms with E-state index in [0.29, 0.717) is 6.04 Å². The fraction of sp³-hybridized carbons (Fsp3) is 0.481. The molecular weight excluding hydrogens is 400 g/mol. The number of likely N-dealkylation sites (tertiary alicyclic amines) is 1. The van der Waals surface area contributed by atoms with Crippen molar-refractivity contribution in [1.29, 1.82) is 0 Å². The van der Waals surface area contributed by atoms with Gasteiger partial charge in [-0.1, -0.05) is 37.6 Å². The molecule has 1 fully saturated rings. The molecule has 1 saturated heterocycles. The Morgan fingerprint density at radius 1 is 1.06 bits per heavy atom. The highest BCUT2D eigenvalue weighted by atomic mass is 16.6. The normalized spacial score (nSPS) is 16.5. The molecule has 0 unspecified atom stereocenters. The summed E-state index contributed by atoms with van der Waals surface area (Å²) in [4.78, 5) is 27.4. The molecule has 0 spiro atoms. The molecule has 32 heavy (non-hydrogen) atoms. The summed E-state index contributed by atoms with van der Waals surface area (Å²) >= 11 is 0. The Hall–Kier alpha value is -2.82. The van der Waals surface area contributed by atoms with Crippen molar-refractivity contribution in [2.45, 2.75) is 71.4 Å². The molecule has 5 nitrogen and oxygen atoms in total. The van der Waals surface area contributed by atoms with Gasteiger partial charge in [-0.2, -0.15) is 0 Å². The van der Waals surface area contributed by atoms with Crippen molar-refractivity contribution in [3.8, 4) is 11.1 Å². The standard InChI is InChI=1S/C27H36N2O3/c1-5-10-24-15-6-7-16-29(24)26(31)22-13-8-11-20(17-22)21-12-9-14-23(18-21)28-19-25(30)32-27(2,3)4/h8-9,11-14,17-18,24,28H,5-7,10,15-16,19H2,1-4H3/t24-/m1/s1. The van der Waals surface area contributed by atoms with Crippen molar-refractivity contribution < 1.29 is 14.3 Å². The van der Waals surface area contributed by atoms with Crippen LogP contribution in [-0.4, -0.2) is 41.5 Å². The lowest BCUT2D eigenvalue weighted by Gasteiger charge is -2.36. The van der Waals surface area contributed by atoms with E-state index >= 15 is 0 Å². The highest BCUT2D eigenvalue weighted by molar-refractivity contribution is 5.96. The Kier molecular flexibility index (Phi) is 7.94. The van der Waals surface area contributed by atoms with E-state index < -0.39 is 5.60 Å². The van der Waals surface area contributed by atoms with Crippen LogP contribution in [0.4, 0.5) is 5.69 Å². The number of anilines is 1. The van der Waals surface area contributed by atoms with Gasteiger partial charge in [0.1, 0.15) is 12.1 Å². The number of hydrogen-bond acceptors (Lipinski definition) is 4. The van der Waals surface area contributed by atoms with Gasteiger partial charge >= 0.3 is 5.97 Å². The van der Waals surface area contributed by atoms with E-state index in [1.165, 1.54) is 6.42 Å². The van der Waals surface area contributed by atoms with Gasteiger partial charge in [0.15, 0.2) is 0 Å². The molecule has 3 rings (SSSR count). The number of nitrogens with zero attached hydrogens (tertiary/aromatic N) is 1. The fourth-order valence-electron chi connectivity index (χ4n) is 4.26. The van der Waals surface area contributed by atoms with Crippen molar-refractivity contribution in [3.63, 3.8) is 0 Å². The summed E-state index contributed by atoms with van der Waals surface area (Å²) in [5.41, 5.74) is 3.05. The van der Waals surface area contributed by atoms with Crippen LogP contribution in [0.1, 0.15) is 70.2 Å². The molecule has 1 heterocycles. The third kappa shape index (κ3) is 6.59. The number of ether oxygens (including phenoxy) is 1. The van der Waals surface area contributed by atoms with E-state index in [1.807, 2.05) is 69.3 Å². The molecule has 0 radical (unpaired) electrons. The zero-order valence-corrected chi connectivity index (χ0v) is 19.8. The van der Waals surface area contributed by atoms with E-state index in [4.69, 9.17) is 4.74 Å². The van der Waals surface area contributed by atoms with Crippen molar-refractivity contribution in [3.05, 3.63) is 54.1 Å². The molecule has 2 aromatic rings. The van der Waals surface area contributed by atoms with Gasteiger partial charge < -0.3 is 15.0 Å². The third-order valence-corrected chi connectivity index (χ3v) is 5.67. The van der Waals surface area contributed by atoms with E-state index in [9.17, 15) is 9.59 Å². The van der Waals surface area contributed by atoms with E-state index in [-0.39, 0.29) is 18.4 Å². The summed E-state index contributed by atoms with van der Waals surface area (Å²) in [5.74, 6) is -0.164. The van der Waals surface area contributed by atoms with Crippen LogP contribution in [0.3, 0.4) is 0 Å². The van der Waals surface area contributed by atoms with Crippen LogP contribution in [-0.2, 0) is 9.53 Å². The molecule has 0 aromatic heterocycles. The predicted molar refractivity (Wildman–Crippen MR) is 130 cm³/mol. The minimum absolute atomic E-state index is 0.104. The summed E-state index contributed by atoms with van der Waals surface area (Å²) in [6.07, 6.45) is 5.55. The summed E-state index contributed by atoms with van der Waals surface area (Å²) in [6.45, 7) is 8.70. The predicted octanol–water partition coefficient (Wildman–Crippen LogP) is 5.90. The van der Waals surface area contributed by atoms with E-state index in [2.05, 4.69) is 17.1 Å². The molecule has 1 amide bonds. The number of hydrogen-bond donors (Lipinski definition) is 1. The Morgan fingerprint density at radius 2 is 1.78 bits per heavy atom. The average Bonchev–Trinajstić information content (AvgIpc) is 2.77. The summed E-state index contributed by atoms with van der Waals surface area (Å²) in [6, 6.07) is 16.1. The lowest BCUT2D eigenvalue weighted by Crippen LogP contribution is -2.43. The van der Waals surface area contributed by atoms with Gasteiger partial charge in [-0.25, -0.2) is 0 Å². The first-order valence-electron chi connectivity index (χ1n) is 11.7. The van der Waals surface area contributed by atoms with Gasteiger partial charge in [-0.3, -0.25) is 9.59 Å². The first-order valence-corrected chi connectivity index (χ1v) is 11.7. The summed E-state index contributed by atoms with van der Waals surface area (Å²) in [7, 11) is 0. The zero-order valence-electron chi connectivity index (χ0n) is 19.8. The van der Waals surface area contributed by atoms with Gasteiger partial charge in [0.2, 0.25) is 0 Å². The topological polar surface area (TPSA) is 58.6 Å². The second-order valence-corrected chi connectivity index (χ2v) is 9.54. The lowest BCUT2D eigenvalue weighted by atomic mass is 9.96. The zero-order chi connectivity index (χ0) is 23.1. The quantitative estimate of drug-likeness (QED) is 0.549. The van der Waals surface area contributed by atoms with Crippen molar-refractivity contribution in [1.82, 2.24) is 4.90 Å². The average molecular weight is 437 g/mol. The molecule has 0 aliphatic carbocycles. The van der Waals surface area contributed by atoms with Crippen molar-refractivity contribution in [2.75, 3.05) is 18.4 Å². The lowest BCUT2D eigenvalue weighted by molar-refractivity contribution is -0.152. The van der Waals surface area contributed by atoms with Crippen LogP contribution in [0.5, 0.6) is 0 Å². The number of rotatable bonds is 7. The van der Waals surface area contributed by atoms with Crippen molar-refractivity contribution in [2.24, 2.45) is 0 Å². The minimum Gasteiger partial charge on any atom is -0.459 e. The Balaban J connectivity index is 1.73. The molecule has 1 aliphatic rings. The maximum Gasteiger partial charge on any atom is 0.325 e. The highest BCUT2D eigenvalue weighted by Crippen LogP contribution is 2.27. The van der Waals surface area contributed by atoms with Gasteiger partial charge in [0.05, 0.1) is 0 Å².